The van der Waals surface area contributed by atoms with E-state index in [0.717, 1.165) is 11.3 Å². The Morgan fingerprint density at radius 1 is 1.40 bits per heavy atom. The van der Waals surface area contributed by atoms with Gasteiger partial charge in [-0.15, -0.1) is 0 Å². The zero-order valence-corrected chi connectivity index (χ0v) is 9.67. The molecular weight excluding hydrogens is 208 g/mol. The summed E-state index contributed by atoms with van der Waals surface area (Å²) in [6.45, 7) is 2.13. The smallest absolute Gasteiger partial charge is 0.163 e. The third-order valence-corrected chi connectivity index (χ3v) is 3.24. The molecule has 0 saturated carbocycles. The zero-order valence-electron chi connectivity index (χ0n) is 8.85. The SMILES string of the molecule is CC(CO)SCCC(=O)c1ccccc1. The molecule has 0 heterocycles. The lowest BCUT2D eigenvalue weighted by molar-refractivity contribution is 0.0989. The van der Waals surface area contributed by atoms with E-state index >= 15 is 0 Å². The van der Waals surface area contributed by atoms with Crippen LogP contribution in [0.2, 0.25) is 0 Å². The number of carbonyl (C=O) groups is 1. The second-order valence-corrected chi connectivity index (χ2v) is 4.95. The van der Waals surface area contributed by atoms with Crippen molar-refractivity contribution in [2.45, 2.75) is 18.6 Å². The molecule has 0 aliphatic carbocycles. The van der Waals surface area contributed by atoms with Crippen LogP contribution in [0.25, 0.3) is 0 Å². The maximum Gasteiger partial charge on any atom is 0.163 e. The van der Waals surface area contributed by atoms with E-state index in [1.165, 1.54) is 0 Å². The Hall–Kier alpha value is -0.800. The molecule has 2 nitrogen and oxygen atoms in total. The Bertz CT molecular complexity index is 298. The summed E-state index contributed by atoms with van der Waals surface area (Å²) < 4.78 is 0. The summed E-state index contributed by atoms with van der Waals surface area (Å²) in [5.41, 5.74) is 0.773. The minimum atomic E-state index is 0.171. The van der Waals surface area contributed by atoms with Gasteiger partial charge in [-0.1, -0.05) is 37.3 Å². The molecule has 82 valence electrons. The van der Waals surface area contributed by atoms with Gasteiger partial charge in [-0.2, -0.15) is 11.8 Å². The van der Waals surface area contributed by atoms with Crippen molar-refractivity contribution in [3.63, 3.8) is 0 Å². The molecule has 1 aromatic rings. The fourth-order valence-corrected chi connectivity index (χ4v) is 1.98. The van der Waals surface area contributed by atoms with Crippen molar-refractivity contribution in [2.75, 3.05) is 12.4 Å². The van der Waals surface area contributed by atoms with E-state index in [2.05, 4.69) is 0 Å². The Labute approximate surface area is 94.7 Å². The van der Waals surface area contributed by atoms with Crippen LogP contribution in [0.5, 0.6) is 0 Å². The Morgan fingerprint density at radius 3 is 2.67 bits per heavy atom. The zero-order chi connectivity index (χ0) is 11.1. The van der Waals surface area contributed by atoms with E-state index in [4.69, 9.17) is 5.11 Å². The van der Waals surface area contributed by atoms with Gasteiger partial charge in [-0.05, 0) is 0 Å². The molecule has 1 atom stereocenters. The molecule has 0 aliphatic heterocycles. The van der Waals surface area contributed by atoms with Crippen LogP contribution in [-0.4, -0.2) is 28.5 Å². The molecule has 1 unspecified atom stereocenters. The van der Waals surface area contributed by atoms with Crippen molar-refractivity contribution in [1.82, 2.24) is 0 Å². The molecule has 0 bridgehead atoms. The number of Topliss-reactive ketones (excluding diaryl/α,β-unsaturated/α-hetero) is 1. The predicted molar refractivity (Wildman–Crippen MR) is 64.4 cm³/mol. The molecular formula is C12H16O2S. The van der Waals surface area contributed by atoms with Crippen LogP contribution in [0.3, 0.4) is 0 Å². The van der Waals surface area contributed by atoms with E-state index in [1.807, 2.05) is 37.3 Å². The third kappa shape index (κ3) is 4.49. The number of hydrogen-bond donors (Lipinski definition) is 1. The van der Waals surface area contributed by atoms with Crippen molar-refractivity contribution in [1.29, 1.82) is 0 Å². The van der Waals surface area contributed by atoms with E-state index in [0.29, 0.717) is 6.42 Å². The first kappa shape index (κ1) is 12.3. The first-order chi connectivity index (χ1) is 7.24. The van der Waals surface area contributed by atoms with Crippen LogP contribution >= 0.6 is 11.8 Å². The normalized spacial score (nSPS) is 12.4. The summed E-state index contributed by atoms with van der Waals surface area (Å²) in [7, 11) is 0. The van der Waals surface area contributed by atoms with Gasteiger partial charge < -0.3 is 5.11 Å². The van der Waals surface area contributed by atoms with Crippen molar-refractivity contribution >= 4 is 17.5 Å². The number of aliphatic hydroxyl groups excluding tert-OH is 1. The molecule has 0 saturated heterocycles. The number of aliphatic hydroxyl groups is 1. The summed E-state index contributed by atoms with van der Waals surface area (Å²) in [5.74, 6) is 0.948. The highest BCUT2D eigenvalue weighted by molar-refractivity contribution is 7.99. The molecule has 0 radical (unpaired) electrons. The number of rotatable bonds is 6. The fraction of sp³-hybridized carbons (Fsp3) is 0.417. The quantitative estimate of drug-likeness (QED) is 0.754. The van der Waals surface area contributed by atoms with Gasteiger partial charge in [0.1, 0.15) is 0 Å². The molecule has 0 aromatic heterocycles. The standard InChI is InChI=1S/C12H16O2S/c1-10(9-13)15-8-7-12(14)11-5-3-2-4-6-11/h2-6,10,13H,7-9H2,1H3. The molecule has 0 amide bonds. The second-order valence-electron chi connectivity index (χ2n) is 3.40. The average molecular weight is 224 g/mol. The van der Waals surface area contributed by atoms with Crippen molar-refractivity contribution in [3.8, 4) is 0 Å². The third-order valence-electron chi connectivity index (χ3n) is 2.08. The number of ketones is 1. The van der Waals surface area contributed by atoms with Crippen LogP contribution in [-0.2, 0) is 0 Å². The van der Waals surface area contributed by atoms with Crippen LogP contribution < -0.4 is 0 Å². The van der Waals surface area contributed by atoms with Gasteiger partial charge in [-0.3, -0.25) is 4.79 Å². The highest BCUT2D eigenvalue weighted by Gasteiger charge is 2.06. The molecule has 3 heteroatoms. The maximum absolute atomic E-state index is 11.6. The number of hydrogen-bond acceptors (Lipinski definition) is 3. The second kappa shape index (κ2) is 6.64. The summed E-state index contributed by atoms with van der Waals surface area (Å²) >= 11 is 1.63. The number of thioether (sulfide) groups is 1. The van der Waals surface area contributed by atoms with Crippen LogP contribution in [0.4, 0.5) is 0 Å². The van der Waals surface area contributed by atoms with Gasteiger partial charge in [0.15, 0.2) is 5.78 Å². The van der Waals surface area contributed by atoms with E-state index in [-0.39, 0.29) is 17.6 Å². The lowest BCUT2D eigenvalue weighted by atomic mass is 10.1. The highest BCUT2D eigenvalue weighted by Crippen LogP contribution is 2.13. The predicted octanol–water partition coefficient (Wildman–Crippen LogP) is 2.37. The largest absolute Gasteiger partial charge is 0.395 e. The lowest BCUT2D eigenvalue weighted by Crippen LogP contribution is -2.06. The monoisotopic (exact) mass is 224 g/mol. The fourth-order valence-electron chi connectivity index (χ4n) is 1.17. The van der Waals surface area contributed by atoms with Crippen LogP contribution in [0.1, 0.15) is 23.7 Å². The summed E-state index contributed by atoms with van der Waals surface area (Å²) in [4.78, 5) is 11.6. The molecule has 0 fully saturated rings. The van der Waals surface area contributed by atoms with Gasteiger partial charge >= 0.3 is 0 Å². The minimum Gasteiger partial charge on any atom is -0.395 e. The van der Waals surface area contributed by atoms with Gasteiger partial charge in [0.05, 0.1) is 6.61 Å². The highest BCUT2D eigenvalue weighted by atomic mass is 32.2. The van der Waals surface area contributed by atoms with Crippen LogP contribution in [0, 0.1) is 0 Å². The average Bonchev–Trinajstić information content (AvgIpc) is 2.29. The van der Waals surface area contributed by atoms with E-state index < -0.39 is 0 Å². The maximum atomic E-state index is 11.6. The van der Waals surface area contributed by atoms with Gasteiger partial charge in [0, 0.05) is 23.0 Å². The molecule has 1 aromatic carbocycles. The molecule has 1 N–H and O–H groups in total. The Morgan fingerprint density at radius 2 is 2.07 bits per heavy atom. The molecule has 0 spiro atoms. The molecule has 15 heavy (non-hydrogen) atoms. The summed E-state index contributed by atoms with van der Waals surface area (Å²) in [6, 6.07) is 9.32. The van der Waals surface area contributed by atoms with Crippen LogP contribution in [0.15, 0.2) is 30.3 Å². The molecule has 1 rings (SSSR count). The Kier molecular flexibility index (Phi) is 5.43. The summed E-state index contributed by atoms with van der Waals surface area (Å²) in [6.07, 6.45) is 0.541. The van der Waals surface area contributed by atoms with E-state index in [1.54, 1.807) is 11.8 Å². The number of carbonyl (C=O) groups excluding carboxylic acids is 1. The topological polar surface area (TPSA) is 37.3 Å². The first-order valence-electron chi connectivity index (χ1n) is 5.04. The van der Waals surface area contributed by atoms with Crippen molar-refractivity contribution in [3.05, 3.63) is 35.9 Å². The van der Waals surface area contributed by atoms with Gasteiger partial charge in [0.2, 0.25) is 0 Å². The lowest BCUT2D eigenvalue weighted by Gasteiger charge is -2.06. The first-order valence-corrected chi connectivity index (χ1v) is 6.09. The van der Waals surface area contributed by atoms with Crippen molar-refractivity contribution in [2.24, 2.45) is 0 Å². The van der Waals surface area contributed by atoms with Gasteiger partial charge in [0.25, 0.3) is 0 Å². The molecule has 0 aliphatic rings. The van der Waals surface area contributed by atoms with Crippen molar-refractivity contribution < 1.29 is 9.90 Å². The summed E-state index contributed by atoms with van der Waals surface area (Å²) in [5, 5.41) is 9.03. The Balaban J connectivity index is 2.31. The number of benzene rings is 1. The minimum absolute atomic E-state index is 0.171. The van der Waals surface area contributed by atoms with Gasteiger partial charge in [-0.25, -0.2) is 0 Å². The van der Waals surface area contributed by atoms with E-state index in [9.17, 15) is 4.79 Å².